The molecule has 0 aliphatic heterocycles. The SMILES string of the molecule is Cc1ccc(-n2c(C)cc(C(=O)OCC(=O)NCC(C)C)c2C)cc1. The Balaban J connectivity index is 2.10. The van der Waals surface area contributed by atoms with Crippen LogP contribution in [-0.4, -0.2) is 29.6 Å². The van der Waals surface area contributed by atoms with Crippen LogP contribution >= 0.6 is 0 Å². The zero-order valence-electron chi connectivity index (χ0n) is 15.6. The average Bonchev–Trinajstić information content (AvgIpc) is 2.86. The predicted molar refractivity (Wildman–Crippen MR) is 98.1 cm³/mol. The first kappa shape index (κ1) is 18.8. The Morgan fingerprint density at radius 1 is 1.12 bits per heavy atom. The molecule has 0 spiro atoms. The van der Waals surface area contributed by atoms with E-state index in [0.717, 1.165) is 17.1 Å². The number of carbonyl (C=O) groups excluding carboxylic acids is 2. The molecule has 1 amide bonds. The fourth-order valence-corrected chi connectivity index (χ4v) is 2.64. The van der Waals surface area contributed by atoms with E-state index in [1.165, 1.54) is 5.56 Å². The van der Waals surface area contributed by atoms with E-state index < -0.39 is 5.97 Å². The third kappa shape index (κ3) is 4.72. The van der Waals surface area contributed by atoms with Crippen LogP contribution in [0.3, 0.4) is 0 Å². The second-order valence-corrected chi connectivity index (χ2v) is 6.73. The molecule has 1 N–H and O–H groups in total. The van der Waals surface area contributed by atoms with E-state index in [-0.39, 0.29) is 12.5 Å². The fraction of sp³-hybridized carbons (Fsp3) is 0.400. The summed E-state index contributed by atoms with van der Waals surface area (Å²) < 4.78 is 7.17. The lowest BCUT2D eigenvalue weighted by Crippen LogP contribution is -2.31. The summed E-state index contributed by atoms with van der Waals surface area (Å²) in [6.45, 7) is 10.2. The fourth-order valence-electron chi connectivity index (χ4n) is 2.64. The number of hydrogen-bond donors (Lipinski definition) is 1. The number of hydrogen-bond acceptors (Lipinski definition) is 3. The molecule has 0 fully saturated rings. The number of benzene rings is 1. The summed E-state index contributed by atoms with van der Waals surface area (Å²) in [5.74, 6) is -0.409. The first-order valence-electron chi connectivity index (χ1n) is 8.49. The highest BCUT2D eigenvalue weighted by Crippen LogP contribution is 2.21. The highest BCUT2D eigenvalue weighted by Gasteiger charge is 2.18. The van der Waals surface area contributed by atoms with Crippen LogP contribution in [0.25, 0.3) is 5.69 Å². The van der Waals surface area contributed by atoms with Crippen molar-refractivity contribution in [3.63, 3.8) is 0 Å². The monoisotopic (exact) mass is 342 g/mol. The van der Waals surface area contributed by atoms with Crippen molar-refractivity contribution in [3.05, 3.63) is 52.8 Å². The summed E-state index contributed by atoms with van der Waals surface area (Å²) >= 11 is 0. The van der Waals surface area contributed by atoms with Gasteiger partial charge in [-0.15, -0.1) is 0 Å². The molecule has 0 bridgehead atoms. The number of esters is 1. The van der Waals surface area contributed by atoms with Crippen molar-refractivity contribution >= 4 is 11.9 Å². The second kappa shape index (κ2) is 8.01. The molecule has 5 heteroatoms. The zero-order valence-corrected chi connectivity index (χ0v) is 15.6. The summed E-state index contributed by atoms with van der Waals surface area (Å²) in [6.07, 6.45) is 0. The molecule has 0 aliphatic rings. The first-order valence-corrected chi connectivity index (χ1v) is 8.49. The van der Waals surface area contributed by atoms with Gasteiger partial charge in [0.05, 0.1) is 5.56 Å². The summed E-state index contributed by atoms with van der Waals surface area (Å²) in [5.41, 5.74) is 4.40. The second-order valence-electron chi connectivity index (χ2n) is 6.73. The van der Waals surface area contributed by atoms with Gasteiger partial charge in [-0.05, 0) is 44.9 Å². The van der Waals surface area contributed by atoms with Crippen molar-refractivity contribution in [1.29, 1.82) is 0 Å². The van der Waals surface area contributed by atoms with Crippen molar-refractivity contribution in [2.45, 2.75) is 34.6 Å². The number of rotatable bonds is 6. The van der Waals surface area contributed by atoms with Gasteiger partial charge in [0.25, 0.3) is 5.91 Å². The molecule has 1 aromatic carbocycles. The minimum Gasteiger partial charge on any atom is -0.452 e. The molecule has 1 aromatic heterocycles. The smallest absolute Gasteiger partial charge is 0.340 e. The van der Waals surface area contributed by atoms with E-state index in [9.17, 15) is 9.59 Å². The lowest BCUT2D eigenvalue weighted by molar-refractivity contribution is -0.124. The van der Waals surface area contributed by atoms with Gasteiger partial charge < -0.3 is 14.6 Å². The van der Waals surface area contributed by atoms with Crippen LogP contribution in [0.15, 0.2) is 30.3 Å². The largest absolute Gasteiger partial charge is 0.452 e. The molecular weight excluding hydrogens is 316 g/mol. The normalized spacial score (nSPS) is 10.8. The number of amides is 1. The Hall–Kier alpha value is -2.56. The Labute approximate surface area is 149 Å². The van der Waals surface area contributed by atoms with Crippen LogP contribution in [0.2, 0.25) is 0 Å². The molecule has 2 aromatic rings. The summed E-state index contributed by atoms with van der Waals surface area (Å²) in [5, 5.41) is 2.73. The maximum absolute atomic E-state index is 12.3. The number of nitrogens with zero attached hydrogens (tertiary/aromatic N) is 1. The van der Waals surface area contributed by atoms with E-state index in [4.69, 9.17) is 4.74 Å². The van der Waals surface area contributed by atoms with Gasteiger partial charge in [-0.25, -0.2) is 4.79 Å². The van der Waals surface area contributed by atoms with Crippen molar-refractivity contribution in [2.75, 3.05) is 13.2 Å². The van der Waals surface area contributed by atoms with E-state index in [0.29, 0.717) is 18.0 Å². The molecule has 5 nitrogen and oxygen atoms in total. The lowest BCUT2D eigenvalue weighted by Gasteiger charge is -2.10. The molecule has 134 valence electrons. The number of aryl methyl sites for hydroxylation is 2. The lowest BCUT2D eigenvalue weighted by atomic mass is 10.2. The van der Waals surface area contributed by atoms with Gasteiger partial charge >= 0.3 is 5.97 Å². The quantitative estimate of drug-likeness (QED) is 0.819. The molecule has 25 heavy (non-hydrogen) atoms. The Bertz CT molecular complexity index is 758. The van der Waals surface area contributed by atoms with Crippen LogP contribution in [0.1, 0.15) is 41.2 Å². The van der Waals surface area contributed by atoms with Gasteiger partial charge in [0.1, 0.15) is 0 Å². The molecule has 0 saturated heterocycles. The summed E-state index contributed by atoms with van der Waals surface area (Å²) in [4.78, 5) is 24.0. The van der Waals surface area contributed by atoms with Gasteiger partial charge in [-0.1, -0.05) is 31.5 Å². The molecule has 0 radical (unpaired) electrons. The number of nitrogens with one attached hydrogen (secondary N) is 1. The first-order chi connectivity index (χ1) is 11.8. The molecule has 2 rings (SSSR count). The van der Waals surface area contributed by atoms with Crippen molar-refractivity contribution in [3.8, 4) is 5.69 Å². The molecule has 0 saturated carbocycles. The van der Waals surface area contributed by atoms with E-state index in [2.05, 4.69) is 5.32 Å². The maximum Gasteiger partial charge on any atom is 0.340 e. The number of carbonyl (C=O) groups is 2. The highest BCUT2D eigenvalue weighted by atomic mass is 16.5. The summed E-state index contributed by atoms with van der Waals surface area (Å²) in [7, 11) is 0. The molecule has 1 heterocycles. The maximum atomic E-state index is 12.3. The molecule has 0 atom stereocenters. The minimum atomic E-state index is -0.480. The van der Waals surface area contributed by atoms with Crippen molar-refractivity contribution in [1.82, 2.24) is 9.88 Å². The Kier molecular flexibility index (Phi) is 6.02. The summed E-state index contributed by atoms with van der Waals surface area (Å²) in [6, 6.07) is 9.90. The van der Waals surface area contributed by atoms with Crippen molar-refractivity contribution < 1.29 is 14.3 Å². The highest BCUT2D eigenvalue weighted by molar-refractivity contribution is 5.93. The zero-order chi connectivity index (χ0) is 18.6. The van der Waals surface area contributed by atoms with E-state index in [1.807, 2.05) is 63.5 Å². The van der Waals surface area contributed by atoms with Crippen LogP contribution in [0, 0.1) is 26.7 Å². The van der Waals surface area contributed by atoms with Gasteiger partial charge in [-0.3, -0.25) is 4.79 Å². The third-order valence-electron chi connectivity index (χ3n) is 3.99. The van der Waals surface area contributed by atoms with E-state index in [1.54, 1.807) is 6.07 Å². The van der Waals surface area contributed by atoms with Gasteiger partial charge in [0.15, 0.2) is 6.61 Å². The topological polar surface area (TPSA) is 60.3 Å². The Morgan fingerprint density at radius 2 is 1.76 bits per heavy atom. The predicted octanol–water partition coefficient (Wildman–Crippen LogP) is 3.33. The standard InChI is InChI=1S/C20H26N2O3/c1-13(2)11-21-19(23)12-25-20(24)18-10-15(4)22(16(18)5)17-8-6-14(3)7-9-17/h6-10,13H,11-12H2,1-5H3,(H,21,23). The van der Waals surface area contributed by atoms with Crippen LogP contribution in [-0.2, 0) is 9.53 Å². The molecule has 0 unspecified atom stereocenters. The van der Waals surface area contributed by atoms with Gasteiger partial charge in [0.2, 0.25) is 0 Å². The average molecular weight is 342 g/mol. The molecule has 0 aliphatic carbocycles. The number of aromatic nitrogens is 1. The third-order valence-corrected chi connectivity index (χ3v) is 3.99. The minimum absolute atomic E-state index is 0.264. The van der Waals surface area contributed by atoms with Crippen molar-refractivity contribution in [2.24, 2.45) is 5.92 Å². The number of ether oxygens (including phenoxy) is 1. The van der Waals surface area contributed by atoms with Crippen LogP contribution in [0.5, 0.6) is 0 Å². The van der Waals surface area contributed by atoms with E-state index >= 15 is 0 Å². The molecular formula is C20H26N2O3. The van der Waals surface area contributed by atoms with Crippen LogP contribution < -0.4 is 5.32 Å². The Morgan fingerprint density at radius 3 is 2.36 bits per heavy atom. The van der Waals surface area contributed by atoms with Gasteiger partial charge in [0, 0.05) is 23.6 Å². The van der Waals surface area contributed by atoms with Gasteiger partial charge in [-0.2, -0.15) is 0 Å². The van der Waals surface area contributed by atoms with Crippen LogP contribution in [0.4, 0.5) is 0 Å².